The first kappa shape index (κ1) is 52.5. The second kappa shape index (κ2) is 25.7. The van der Waals surface area contributed by atoms with Gasteiger partial charge in [-0.25, -0.2) is 0 Å². The Bertz CT molecular complexity index is 2500. The molecule has 3 atom stereocenters. The molecule has 0 radical (unpaired) electrons. The number of ether oxygens (including phenoxy) is 1. The average Bonchev–Trinajstić information content (AvgIpc) is 3.64. The summed E-state index contributed by atoms with van der Waals surface area (Å²) in [6, 6.07) is 19.2. The van der Waals surface area contributed by atoms with Crippen molar-refractivity contribution >= 4 is 64.2 Å². The number of hydrogen-bond donors (Lipinski definition) is 8. The van der Waals surface area contributed by atoms with Gasteiger partial charge >= 0.3 is 0 Å². The smallest absolute Gasteiger partial charge is 0.257 e. The fourth-order valence-corrected chi connectivity index (χ4v) is 9.81. The molecule has 0 saturated carbocycles. The molecular weight excluding hydrogens is 917 g/mol. The number of anilines is 3. The summed E-state index contributed by atoms with van der Waals surface area (Å²) in [5.41, 5.74) is 10.1. The van der Waals surface area contributed by atoms with E-state index in [1.54, 1.807) is 42.6 Å². The number of phenols is 1. The quantitative estimate of drug-likeness (QED) is 0.0104. The van der Waals surface area contributed by atoms with Crippen LogP contribution < -0.4 is 32.0 Å². The highest BCUT2D eigenvalue weighted by Crippen LogP contribution is 2.39. The molecule has 0 aliphatic carbocycles. The van der Waals surface area contributed by atoms with Crippen LogP contribution >= 0.6 is 0 Å². The first-order valence-corrected chi connectivity index (χ1v) is 25.4. The number of benzene rings is 3. The van der Waals surface area contributed by atoms with E-state index in [-0.39, 0.29) is 60.0 Å². The van der Waals surface area contributed by atoms with Crippen LogP contribution in [0.15, 0.2) is 88.7 Å². The highest BCUT2D eigenvalue weighted by Gasteiger charge is 2.45. The molecule has 0 spiro atoms. The number of amidine groups is 1. The highest BCUT2D eigenvalue weighted by atomic mass is 16.5. The lowest BCUT2D eigenvalue weighted by atomic mass is 10.0. The number of nitrogens with zero attached hydrogens (tertiary/aromatic N) is 6. The number of aliphatic imine (C=N–C) groups is 1. The lowest BCUT2D eigenvalue weighted by Crippen LogP contribution is -2.53. The van der Waals surface area contributed by atoms with Gasteiger partial charge in [0.15, 0.2) is 17.8 Å². The molecular formula is C53H70N12O7. The molecule has 4 aliphatic heterocycles. The van der Waals surface area contributed by atoms with Gasteiger partial charge in [-0.3, -0.25) is 45.2 Å². The third-order valence-electron chi connectivity index (χ3n) is 13.8. The molecule has 19 heteroatoms. The number of amides is 4. The molecule has 3 aromatic carbocycles. The number of fused-ring (bicyclic) bond motifs is 1. The third kappa shape index (κ3) is 13.8. The Morgan fingerprint density at radius 2 is 1.53 bits per heavy atom. The molecule has 3 fully saturated rings. The SMILES string of the molecule is N=C(N)/C(=C\C(=N)c1ccccc1O)OC1CCCN(c2ccc(N3CCN(C(=O)CCCCCCCCCCCN=C/C(CNc4cccc5c4C(O)N(C4CCC(=O)NC4=O)C5=O)=N\N)CC3)cc2)C1. The molecule has 0 bridgehead atoms. The van der Waals surface area contributed by atoms with E-state index in [0.29, 0.717) is 55.1 Å². The van der Waals surface area contributed by atoms with Gasteiger partial charge in [0.05, 0.1) is 24.5 Å². The topological polar surface area (TPSA) is 279 Å². The van der Waals surface area contributed by atoms with E-state index in [9.17, 15) is 29.4 Å². The van der Waals surface area contributed by atoms with Crippen molar-refractivity contribution in [2.24, 2.45) is 21.7 Å². The number of carbonyl (C=O) groups excluding carboxylic acids is 4. The van der Waals surface area contributed by atoms with Crippen molar-refractivity contribution in [2.75, 3.05) is 67.5 Å². The van der Waals surface area contributed by atoms with E-state index in [1.165, 1.54) is 18.6 Å². The number of unbranched alkanes of at least 4 members (excludes halogenated alkanes) is 8. The summed E-state index contributed by atoms with van der Waals surface area (Å²) in [6.45, 7) is 5.35. The van der Waals surface area contributed by atoms with E-state index in [0.717, 1.165) is 100 Å². The van der Waals surface area contributed by atoms with Gasteiger partial charge in [-0.2, -0.15) is 5.10 Å². The Morgan fingerprint density at radius 3 is 2.21 bits per heavy atom. The largest absolute Gasteiger partial charge is 0.507 e. The van der Waals surface area contributed by atoms with Crippen LogP contribution in [0, 0.1) is 10.8 Å². The number of para-hydroxylation sites is 1. The number of rotatable bonds is 24. The number of piperidine rings is 2. The number of nitrogens with one attached hydrogen (secondary N) is 4. The molecule has 19 nitrogen and oxygen atoms in total. The standard InChI is InChI=1S/C53H70N12O7/c54-42(40-15-9-10-18-45(40)66)32-46(50(55)56)72-39-14-13-27-64(35-39)38-22-20-37(21-23-38)62-28-30-63(31-29-62)48(68)19-8-6-4-2-1-3-5-7-11-26-58-33-36(61-57)34-59-43-17-12-16-41-49(43)53(71)65(52(41)70)44-24-25-47(67)60-51(44)69/h9-10,12,15-18,20-23,32-33,39,44,53-54,59,66,71H,1-8,11,13-14,19,24-31,34-35,57H2,(H3,55,56)(H,60,67,69)/b46-32+,54-42?,58-33?,61-36+. The van der Waals surface area contributed by atoms with Crippen LogP contribution in [-0.4, -0.2) is 132 Å². The number of phenolic OH excluding ortho intramolecular Hbond substituents is 1. The first-order valence-electron chi connectivity index (χ1n) is 25.4. The van der Waals surface area contributed by atoms with Crippen molar-refractivity contribution in [1.82, 2.24) is 15.1 Å². The van der Waals surface area contributed by atoms with Crippen LogP contribution in [0.4, 0.5) is 17.1 Å². The van der Waals surface area contributed by atoms with Crippen LogP contribution in [-0.2, 0) is 19.1 Å². The summed E-state index contributed by atoms with van der Waals surface area (Å²) in [4.78, 5) is 62.6. The second-order valence-electron chi connectivity index (χ2n) is 18.8. The molecule has 72 heavy (non-hydrogen) atoms. The summed E-state index contributed by atoms with van der Waals surface area (Å²) in [5.74, 6) is 4.25. The Kier molecular flexibility index (Phi) is 18.8. The molecule has 4 heterocycles. The number of piperazine rings is 1. The molecule has 10 N–H and O–H groups in total. The maximum Gasteiger partial charge on any atom is 0.257 e. The number of aliphatic hydroxyl groups excluding tert-OH is 1. The predicted octanol–water partition coefficient (Wildman–Crippen LogP) is 5.56. The lowest BCUT2D eigenvalue weighted by molar-refractivity contribution is -0.139. The molecule has 7 rings (SSSR count). The predicted molar refractivity (Wildman–Crippen MR) is 280 cm³/mol. The number of hydrazone groups is 1. The third-order valence-corrected chi connectivity index (χ3v) is 13.8. The number of allylic oxidation sites excluding steroid dienone is 1. The molecule has 3 unspecified atom stereocenters. The Balaban J connectivity index is 0.712. The van der Waals surface area contributed by atoms with Gasteiger partial charge in [-0.05, 0) is 80.6 Å². The number of imide groups is 1. The number of nitrogens with two attached hydrogens (primary N) is 2. The summed E-state index contributed by atoms with van der Waals surface area (Å²) >= 11 is 0. The maximum absolute atomic E-state index is 13.2. The Morgan fingerprint density at radius 1 is 0.847 bits per heavy atom. The summed E-state index contributed by atoms with van der Waals surface area (Å²) < 4.78 is 6.17. The zero-order valence-corrected chi connectivity index (χ0v) is 41.1. The van der Waals surface area contributed by atoms with Crippen molar-refractivity contribution in [3.05, 3.63) is 95.3 Å². The lowest BCUT2D eigenvalue weighted by Gasteiger charge is -2.37. The van der Waals surface area contributed by atoms with Crippen LogP contribution in [0.2, 0.25) is 0 Å². The van der Waals surface area contributed by atoms with E-state index >= 15 is 0 Å². The minimum atomic E-state index is -1.35. The van der Waals surface area contributed by atoms with Gasteiger partial charge in [0.25, 0.3) is 5.91 Å². The molecule has 4 aliphatic rings. The zero-order chi connectivity index (χ0) is 51.0. The second-order valence-corrected chi connectivity index (χ2v) is 18.8. The van der Waals surface area contributed by atoms with Gasteiger partial charge in [0.1, 0.15) is 17.9 Å². The first-order chi connectivity index (χ1) is 34.9. The Labute approximate surface area is 421 Å². The van der Waals surface area contributed by atoms with E-state index < -0.39 is 30.0 Å². The van der Waals surface area contributed by atoms with Gasteiger partial charge < -0.3 is 46.5 Å². The van der Waals surface area contributed by atoms with Crippen LogP contribution in [0.1, 0.15) is 118 Å². The maximum atomic E-state index is 13.2. The van der Waals surface area contributed by atoms with Crippen LogP contribution in [0.3, 0.4) is 0 Å². The summed E-state index contributed by atoms with van der Waals surface area (Å²) in [6.07, 6.45) is 13.7. The van der Waals surface area contributed by atoms with Gasteiger partial charge in [0, 0.05) is 98.2 Å². The fraction of sp³-hybridized carbons (Fsp3) is 0.472. The van der Waals surface area contributed by atoms with Gasteiger partial charge in [-0.15, -0.1) is 0 Å². The summed E-state index contributed by atoms with van der Waals surface area (Å²) in [7, 11) is 0. The Hall–Kier alpha value is -7.28. The fourth-order valence-electron chi connectivity index (χ4n) is 9.81. The number of hydrogen-bond acceptors (Lipinski definition) is 15. The molecule has 384 valence electrons. The van der Waals surface area contributed by atoms with Crippen molar-refractivity contribution in [1.29, 1.82) is 10.8 Å². The normalized spacial score (nSPS) is 19.7. The van der Waals surface area contributed by atoms with Crippen molar-refractivity contribution in [3.8, 4) is 5.75 Å². The molecule has 4 amide bonds. The van der Waals surface area contributed by atoms with Crippen LogP contribution in [0.5, 0.6) is 5.75 Å². The van der Waals surface area contributed by atoms with Crippen molar-refractivity contribution < 1.29 is 34.1 Å². The highest BCUT2D eigenvalue weighted by molar-refractivity contribution is 6.32. The van der Waals surface area contributed by atoms with E-state index in [4.69, 9.17) is 27.1 Å². The van der Waals surface area contributed by atoms with Crippen molar-refractivity contribution in [3.63, 3.8) is 0 Å². The van der Waals surface area contributed by atoms with Gasteiger partial charge in [0.2, 0.25) is 17.7 Å². The van der Waals surface area contributed by atoms with Gasteiger partial charge in [-0.1, -0.05) is 63.1 Å². The number of carbonyl (C=O) groups is 4. The summed E-state index contributed by atoms with van der Waals surface area (Å²) in [5, 5.41) is 47.1. The van der Waals surface area contributed by atoms with E-state index in [1.807, 2.05) is 4.90 Å². The monoisotopic (exact) mass is 987 g/mol. The minimum Gasteiger partial charge on any atom is -0.507 e. The molecule has 0 aromatic heterocycles. The molecule has 3 saturated heterocycles. The molecule has 3 aromatic rings. The number of aliphatic hydroxyl groups is 1. The van der Waals surface area contributed by atoms with Crippen molar-refractivity contribution in [2.45, 2.75) is 108 Å². The number of aromatic hydroxyl groups is 1. The van der Waals surface area contributed by atoms with Crippen LogP contribution in [0.25, 0.3) is 0 Å². The average molecular weight is 987 g/mol. The zero-order valence-electron chi connectivity index (χ0n) is 41.1. The van der Waals surface area contributed by atoms with E-state index in [2.05, 4.69) is 54.8 Å². The minimum absolute atomic E-state index is 0.0170.